The smallest absolute Gasteiger partial charge is 0.121 e. The highest BCUT2D eigenvalue weighted by atomic mass is 16.3. The van der Waals surface area contributed by atoms with Gasteiger partial charge < -0.3 is 10.2 Å². The normalized spacial score (nSPS) is 10.6. The van der Waals surface area contributed by atoms with E-state index in [1.807, 2.05) is 58.9 Å². The molecule has 0 unspecified atom stereocenters. The monoisotopic (exact) mass is 295 g/mol. The van der Waals surface area contributed by atoms with Gasteiger partial charge in [-0.15, -0.1) is 0 Å². The number of aromatic hydroxyl groups is 2. The standard InChI is InChI=1S/C20H23O2/c1-11(2)18(16-7-12(3)19(21)13(4)8-16)17-9-14(5)20(22)15(6)10-17/h7-10,21-22H,1H2,2-6H3. The molecule has 0 amide bonds. The Balaban J connectivity index is 2.71. The van der Waals surface area contributed by atoms with Crippen LogP contribution in [0, 0.1) is 34.6 Å². The molecule has 0 aliphatic rings. The van der Waals surface area contributed by atoms with E-state index < -0.39 is 0 Å². The van der Waals surface area contributed by atoms with Gasteiger partial charge in [-0.2, -0.15) is 0 Å². The summed E-state index contributed by atoms with van der Waals surface area (Å²) in [6.45, 7) is 13.7. The van der Waals surface area contributed by atoms with Crippen molar-refractivity contribution >= 4 is 5.57 Å². The second-order valence-corrected chi connectivity index (χ2v) is 6.07. The van der Waals surface area contributed by atoms with E-state index in [1.165, 1.54) is 0 Å². The lowest BCUT2D eigenvalue weighted by atomic mass is 9.89. The van der Waals surface area contributed by atoms with Gasteiger partial charge in [0.25, 0.3) is 0 Å². The summed E-state index contributed by atoms with van der Waals surface area (Å²) < 4.78 is 0. The van der Waals surface area contributed by atoms with Crippen LogP contribution in [0.5, 0.6) is 11.5 Å². The Morgan fingerprint density at radius 2 is 1.00 bits per heavy atom. The first kappa shape index (κ1) is 16.2. The Labute approximate surface area is 132 Å². The summed E-state index contributed by atoms with van der Waals surface area (Å²) in [5.41, 5.74) is 7.45. The third kappa shape index (κ3) is 2.87. The molecule has 1 radical (unpaired) electrons. The number of rotatable bonds is 2. The van der Waals surface area contributed by atoms with Gasteiger partial charge in [-0.25, -0.2) is 0 Å². The molecule has 0 saturated carbocycles. The third-order valence-electron chi connectivity index (χ3n) is 3.99. The van der Waals surface area contributed by atoms with Gasteiger partial charge in [-0.05, 0) is 105 Å². The Morgan fingerprint density at radius 3 is 1.23 bits per heavy atom. The zero-order valence-corrected chi connectivity index (χ0v) is 13.9. The van der Waals surface area contributed by atoms with Gasteiger partial charge in [0.1, 0.15) is 11.5 Å². The average Bonchev–Trinajstić information content (AvgIpc) is 2.41. The van der Waals surface area contributed by atoms with Crippen LogP contribution in [0.3, 0.4) is 0 Å². The molecule has 0 aliphatic heterocycles. The highest BCUT2D eigenvalue weighted by Gasteiger charge is 2.13. The van der Waals surface area contributed by atoms with Crippen LogP contribution < -0.4 is 0 Å². The largest absolute Gasteiger partial charge is 0.507 e. The number of hydrogen-bond acceptors (Lipinski definition) is 2. The fourth-order valence-corrected chi connectivity index (χ4v) is 2.86. The van der Waals surface area contributed by atoms with E-state index in [2.05, 4.69) is 6.92 Å². The zero-order chi connectivity index (χ0) is 16.6. The molecule has 2 N–H and O–H groups in total. The third-order valence-corrected chi connectivity index (χ3v) is 3.99. The van der Waals surface area contributed by atoms with E-state index in [0.29, 0.717) is 11.5 Å². The lowest BCUT2D eigenvalue weighted by Gasteiger charge is -2.16. The van der Waals surface area contributed by atoms with E-state index in [1.54, 1.807) is 0 Å². The summed E-state index contributed by atoms with van der Waals surface area (Å²) in [5, 5.41) is 20.0. The van der Waals surface area contributed by atoms with Gasteiger partial charge in [0, 0.05) is 0 Å². The second-order valence-electron chi connectivity index (χ2n) is 6.07. The van der Waals surface area contributed by atoms with Crippen molar-refractivity contribution in [1.29, 1.82) is 0 Å². The summed E-state index contributed by atoms with van der Waals surface area (Å²) in [4.78, 5) is 0. The lowest BCUT2D eigenvalue weighted by Crippen LogP contribution is -1.95. The molecule has 22 heavy (non-hydrogen) atoms. The number of allylic oxidation sites excluding steroid dienone is 1. The first-order valence-electron chi connectivity index (χ1n) is 7.36. The van der Waals surface area contributed by atoms with E-state index in [-0.39, 0.29) is 0 Å². The average molecular weight is 295 g/mol. The minimum absolute atomic E-state index is 0.336. The fourth-order valence-electron chi connectivity index (χ4n) is 2.86. The molecule has 115 valence electrons. The van der Waals surface area contributed by atoms with Crippen molar-refractivity contribution in [2.75, 3.05) is 0 Å². The molecule has 2 heteroatoms. The highest BCUT2D eigenvalue weighted by Crippen LogP contribution is 2.34. The molecule has 0 bridgehead atoms. The van der Waals surface area contributed by atoms with Crippen LogP contribution in [0.25, 0.3) is 5.57 Å². The summed E-state index contributed by atoms with van der Waals surface area (Å²) in [5.74, 6) is 0.672. The fraction of sp³-hybridized carbons (Fsp3) is 0.250. The van der Waals surface area contributed by atoms with Crippen LogP contribution in [-0.2, 0) is 0 Å². The van der Waals surface area contributed by atoms with Crippen molar-refractivity contribution < 1.29 is 10.2 Å². The van der Waals surface area contributed by atoms with Gasteiger partial charge in [0.2, 0.25) is 0 Å². The Hall–Kier alpha value is -2.22. The number of phenolic OH excluding ortho intramolecular Hbond substituents is 2. The minimum Gasteiger partial charge on any atom is -0.507 e. The first-order chi connectivity index (χ1) is 10.2. The molecule has 0 atom stereocenters. The van der Waals surface area contributed by atoms with Crippen molar-refractivity contribution in [3.63, 3.8) is 0 Å². The molecule has 2 rings (SSSR count). The molecule has 2 aromatic rings. The van der Waals surface area contributed by atoms with Crippen molar-refractivity contribution in [3.8, 4) is 11.5 Å². The predicted octanol–water partition coefficient (Wildman–Crippen LogP) is 4.99. The Bertz CT molecular complexity index is 658. The van der Waals surface area contributed by atoms with E-state index in [4.69, 9.17) is 0 Å². The van der Waals surface area contributed by atoms with Crippen LogP contribution >= 0.6 is 0 Å². The second kappa shape index (κ2) is 5.88. The predicted molar refractivity (Wildman–Crippen MR) is 92.2 cm³/mol. The SMILES string of the molecule is [CH2]C(C)=C(c1cc(C)c(O)c(C)c1)c1cc(C)c(O)c(C)c1. The van der Waals surface area contributed by atoms with Gasteiger partial charge >= 0.3 is 0 Å². The molecule has 0 heterocycles. The van der Waals surface area contributed by atoms with Crippen molar-refractivity contribution in [1.82, 2.24) is 0 Å². The summed E-state index contributed by atoms with van der Waals surface area (Å²) in [6, 6.07) is 7.90. The van der Waals surface area contributed by atoms with Crippen molar-refractivity contribution in [2.45, 2.75) is 34.6 Å². The maximum atomic E-state index is 9.98. The quantitative estimate of drug-likeness (QED) is 0.819. The summed E-state index contributed by atoms with van der Waals surface area (Å²) in [6.07, 6.45) is 0. The number of benzene rings is 2. The molecule has 0 fully saturated rings. The number of hydrogen-bond donors (Lipinski definition) is 2. The maximum absolute atomic E-state index is 9.98. The van der Waals surface area contributed by atoms with Crippen LogP contribution in [0.1, 0.15) is 40.3 Å². The topological polar surface area (TPSA) is 40.5 Å². The molecular formula is C20H23O2. The van der Waals surface area contributed by atoms with Crippen LogP contribution in [-0.4, -0.2) is 10.2 Å². The molecule has 0 spiro atoms. The first-order valence-corrected chi connectivity index (χ1v) is 7.36. The van der Waals surface area contributed by atoms with E-state index in [0.717, 1.165) is 44.5 Å². The van der Waals surface area contributed by atoms with Gasteiger partial charge in [0.15, 0.2) is 0 Å². The molecule has 0 saturated heterocycles. The van der Waals surface area contributed by atoms with Crippen LogP contribution in [0.15, 0.2) is 29.8 Å². The van der Waals surface area contributed by atoms with Crippen LogP contribution in [0.2, 0.25) is 0 Å². The van der Waals surface area contributed by atoms with Crippen molar-refractivity contribution in [2.24, 2.45) is 0 Å². The van der Waals surface area contributed by atoms with Crippen molar-refractivity contribution in [3.05, 3.63) is 70.1 Å². The Kier molecular flexibility index (Phi) is 4.32. The van der Waals surface area contributed by atoms with Gasteiger partial charge in [-0.1, -0.05) is 5.57 Å². The summed E-state index contributed by atoms with van der Waals surface area (Å²) in [7, 11) is 0. The van der Waals surface area contributed by atoms with E-state index in [9.17, 15) is 10.2 Å². The van der Waals surface area contributed by atoms with E-state index >= 15 is 0 Å². The summed E-state index contributed by atoms with van der Waals surface area (Å²) >= 11 is 0. The zero-order valence-electron chi connectivity index (χ0n) is 13.9. The molecule has 2 nitrogen and oxygen atoms in total. The Morgan fingerprint density at radius 1 is 0.727 bits per heavy atom. The lowest BCUT2D eigenvalue weighted by molar-refractivity contribution is 0.466. The maximum Gasteiger partial charge on any atom is 0.121 e. The highest BCUT2D eigenvalue weighted by molar-refractivity contribution is 5.84. The number of phenols is 2. The number of aryl methyl sites for hydroxylation is 4. The minimum atomic E-state index is 0.336. The molecule has 0 aromatic heterocycles. The molecule has 0 aliphatic carbocycles. The van der Waals surface area contributed by atoms with Gasteiger partial charge in [-0.3, -0.25) is 0 Å². The van der Waals surface area contributed by atoms with Gasteiger partial charge in [0.05, 0.1) is 0 Å². The van der Waals surface area contributed by atoms with Crippen LogP contribution in [0.4, 0.5) is 0 Å². The molecule has 2 aromatic carbocycles. The molecular weight excluding hydrogens is 272 g/mol.